The van der Waals surface area contributed by atoms with Crippen LogP contribution in [0.3, 0.4) is 0 Å². The lowest BCUT2D eigenvalue weighted by Gasteiger charge is -2.30. The number of nitrogens with one attached hydrogen (secondary N) is 1. The molecule has 0 aliphatic heterocycles. The first-order valence-electron chi connectivity index (χ1n) is 7.47. The Morgan fingerprint density at radius 1 is 1.14 bits per heavy atom. The molecule has 0 saturated heterocycles. The minimum atomic E-state index is -0.950. The van der Waals surface area contributed by atoms with Gasteiger partial charge < -0.3 is 10.4 Å². The maximum atomic E-state index is 13.0. The predicted octanol–water partition coefficient (Wildman–Crippen LogP) is 3.11. The lowest BCUT2D eigenvalue weighted by molar-refractivity contribution is -0.149. The number of carboxylic acids is 1. The monoisotopic (exact) mass is 309 g/mol. The summed E-state index contributed by atoms with van der Waals surface area (Å²) in [5.41, 5.74) is -1.13. The molecule has 0 fully saturated rings. The Bertz CT molecular complexity index is 533. The average Bonchev–Trinajstić information content (AvgIpc) is 2.48. The van der Waals surface area contributed by atoms with E-state index in [0.29, 0.717) is 18.4 Å². The van der Waals surface area contributed by atoms with Crippen LogP contribution in [0.25, 0.3) is 0 Å². The van der Waals surface area contributed by atoms with E-state index in [2.05, 4.69) is 5.32 Å². The molecule has 1 aromatic carbocycles. The molecule has 4 nitrogen and oxygen atoms in total. The first-order chi connectivity index (χ1) is 10.2. The van der Waals surface area contributed by atoms with Crippen LogP contribution in [0.1, 0.15) is 46.1 Å². The quantitative estimate of drug-likeness (QED) is 0.813. The van der Waals surface area contributed by atoms with Crippen molar-refractivity contribution >= 4 is 11.9 Å². The van der Waals surface area contributed by atoms with E-state index in [9.17, 15) is 19.1 Å². The van der Waals surface area contributed by atoms with Crippen molar-refractivity contribution in [3.05, 3.63) is 35.6 Å². The van der Waals surface area contributed by atoms with Crippen molar-refractivity contribution < 1.29 is 19.1 Å². The third-order valence-electron chi connectivity index (χ3n) is 4.53. The largest absolute Gasteiger partial charge is 0.481 e. The Balaban J connectivity index is 2.87. The SMILES string of the molecule is CCC(CC)(CNC(=O)C(C)(C)c1ccc(F)cc1)C(=O)O. The van der Waals surface area contributed by atoms with Gasteiger partial charge in [0.1, 0.15) is 5.82 Å². The fourth-order valence-corrected chi connectivity index (χ4v) is 2.35. The van der Waals surface area contributed by atoms with Gasteiger partial charge in [-0.05, 0) is 44.4 Å². The maximum absolute atomic E-state index is 13.0. The first-order valence-corrected chi connectivity index (χ1v) is 7.47. The molecule has 0 aliphatic rings. The first kappa shape index (κ1) is 18.1. The number of rotatable bonds is 7. The summed E-state index contributed by atoms with van der Waals surface area (Å²) in [6.07, 6.45) is 0.881. The van der Waals surface area contributed by atoms with Crippen molar-refractivity contribution in [3.8, 4) is 0 Å². The second kappa shape index (κ2) is 6.90. The van der Waals surface area contributed by atoms with E-state index in [4.69, 9.17) is 0 Å². The van der Waals surface area contributed by atoms with Gasteiger partial charge in [-0.2, -0.15) is 0 Å². The molecule has 0 atom stereocenters. The van der Waals surface area contributed by atoms with Crippen molar-refractivity contribution in [1.29, 1.82) is 0 Å². The van der Waals surface area contributed by atoms with Crippen LogP contribution in [0.4, 0.5) is 4.39 Å². The molecule has 0 radical (unpaired) electrons. The van der Waals surface area contributed by atoms with E-state index >= 15 is 0 Å². The van der Waals surface area contributed by atoms with Gasteiger partial charge >= 0.3 is 5.97 Å². The van der Waals surface area contributed by atoms with Crippen LogP contribution in [0.15, 0.2) is 24.3 Å². The third kappa shape index (κ3) is 3.64. The highest BCUT2D eigenvalue weighted by molar-refractivity contribution is 5.88. The second-order valence-electron chi connectivity index (χ2n) is 6.11. The molecule has 5 heteroatoms. The normalized spacial score (nSPS) is 12.0. The fourth-order valence-electron chi connectivity index (χ4n) is 2.35. The van der Waals surface area contributed by atoms with Crippen molar-refractivity contribution in [2.24, 2.45) is 5.41 Å². The number of amides is 1. The molecule has 2 N–H and O–H groups in total. The number of benzene rings is 1. The van der Waals surface area contributed by atoms with E-state index in [-0.39, 0.29) is 18.3 Å². The molecule has 0 aromatic heterocycles. The van der Waals surface area contributed by atoms with Gasteiger partial charge in [0.15, 0.2) is 0 Å². The third-order valence-corrected chi connectivity index (χ3v) is 4.53. The number of carbonyl (C=O) groups excluding carboxylic acids is 1. The number of carbonyl (C=O) groups is 2. The molecule has 1 rings (SSSR count). The zero-order valence-electron chi connectivity index (χ0n) is 13.6. The molecule has 0 saturated carbocycles. The molecule has 0 aliphatic carbocycles. The smallest absolute Gasteiger partial charge is 0.311 e. The number of carboxylic acid groups (broad SMARTS) is 1. The van der Waals surface area contributed by atoms with Crippen LogP contribution in [0.2, 0.25) is 0 Å². The molecular formula is C17H24FNO3. The standard InChI is InChI=1S/C17H24FNO3/c1-5-17(6-2,15(21)22)11-19-14(20)16(3,4)12-7-9-13(18)10-8-12/h7-10H,5-6,11H2,1-4H3,(H,19,20)(H,21,22). The van der Waals surface area contributed by atoms with Gasteiger partial charge in [0.2, 0.25) is 5.91 Å². The number of halogens is 1. The highest BCUT2D eigenvalue weighted by atomic mass is 19.1. The van der Waals surface area contributed by atoms with Crippen LogP contribution in [0, 0.1) is 11.2 Å². The Hall–Kier alpha value is -1.91. The number of hydrogen-bond acceptors (Lipinski definition) is 2. The van der Waals surface area contributed by atoms with Gasteiger partial charge in [-0.3, -0.25) is 9.59 Å². The Morgan fingerprint density at radius 2 is 1.64 bits per heavy atom. The van der Waals surface area contributed by atoms with Gasteiger partial charge in [-0.15, -0.1) is 0 Å². The minimum Gasteiger partial charge on any atom is -0.481 e. The second-order valence-corrected chi connectivity index (χ2v) is 6.11. The topological polar surface area (TPSA) is 66.4 Å². The van der Waals surface area contributed by atoms with Crippen molar-refractivity contribution in [1.82, 2.24) is 5.32 Å². The van der Waals surface area contributed by atoms with Crippen LogP contribution >= 0.6 is 0 Å². The molecule has 1 aromatic rings. The van der Waals surface area contributed by atoms with Gasteiger partial charge in [0.25, 0.3) is 0 Å². The van der Waals surface area contributed by atoms with E-state index in [0.717, 1.165) is 0 Å². The van der Waals surface area contributed by atoms with E-state index in [1.54, 1.807) is 39.8 Å². The molecule has 0 unspecified atom stereocenters. The van der Waals surface area contributed by atoms with Gasteiger partial charge in [-0.25, -0.2) is 4.39 Å². The highest BCUT2D eigenvalue weighted by Crippen LogP contribution is 2.28. The molecule has 122 valence electrons. The summed E-state index contributed by atoms with van der Waals surface area (Å²) in [5, 5.41) is 12.1. The molecule has 1 amide bonds. The van der Waals surface area contributed by atoms with Crippen molar-refractivity contribution in [2.75, 3.05) is 6.54 Å². The van der Waals surface area contributed by atoms with E-state index in [1.165, 1.54) is 12.1 Å². The van der Waals surface area contributed by atoms with Gasteiger partial charge in [-0.1, -0.05) is 26.0 Å². The van der Waals surface area contributed by atoms with Gasteiger partial charge in [0, 0.05) is 6.54 Å². The average molecular weight is 309 g/mol. The predicted molar refractivity (Wildman–Crippen MR) is 83.1 cm³/mol. The lowest BCUT2D eigenvalue weighted by atomic mass is 9.80. The van der Waals surface area contributed by atoms with Gasteiger partial charge in [0.05, 0.1) is 10.8 Å². The molecule has 22 heavy (non-hydrogen) atoms. The highest BCUT2D eigenvalue weighted by Gasteiger charge is 2.37. The van der Waals surface area contributed by atoms with E-state index in [1.807, 2.05) is 0 Å². The minimum absolute atomic E-state index is 0.0821. The van der Waals surface area contributed by atoms with Crippen LogP contribution < -0.4 is 5.32 Å². The summed E-state index contributed by atoms with van der Waals surface area (Å²) in [7, 11) is 0. The van der Waals surface area contributed by atoms with Crippen molar-refractivity contribution in [2.45, 2.75) is 46.0 Å². The molecule has 0 spiro atoms. The summed E-state index contributed by atoms with van der Waals surface area (Å²) < 4.78 is 13.0. The summed E-state index contributed by atoms with van der Waals surface area (Å²) in [6.45, 7) is 7.15. The van der Waals surface area contributed by atoms with Crippen molar-refractivity contribution in [3.63, 3.8) is 0 Å². The summed E-state index contributed by atoms with van der Waals surface area (Å²) in [5.74, 6) is -1.54. The maximum Gasteiger partial charge on any atom is 0.311 e. The molecular weight excluding hydrogens is 285 g/mol. The van der Waals surface area contributed by atoms with Crippen LogP contribution in [-0.4, -0.2) is 23.5 Å². The zero-order chi connectivity index (χ0) is 17.0. The van der Waals surface area contributed by atoms with E-state index < -0.39 is 16.8 Å². The number of hydrogen-bond donors (Lipinski definition) is 2. The van der Waals surface area contributed by atoms with Crippen LogP contribution in [-0.2, 0) is 15.0 Å². The lowest BCUT2D eigenvalue weighted by Crippen LogP contribution is -2.47. The molecule has 0 bridgehead atoms. The van der Waals surface area contributed by atoms with Crippen LogP contribution in [0.5, 0.6) is 0 Å². The summed E-state index contributed by atoms with van der Waals surface area (Å²) in [6, 6.07) is 5.76. The Kier molecular flexibility index (Phi) is 5.69. The number of aliphatic carboxylic acids is 1. The summed E-state index contributed by atoms with van der Waals surface area (Å²) >= 11 is 0. The fraction of sp³-hybridized carbons (Fsp3) is 0.529. The molecule has 0 heterocycles. The summed E-state index contributed by atoms with van der Waals surface area (Å²) in [4.78, 5) is 23.9. The Morgan fingerprint density at radius 3 is 2.05 bits per heavy atom. The zero-order valence-corrected chi connectivity index (χ0v) is 13.6. The Labute approximate surface area is 130 Å².